The van der Waals surface area contributed by atoms with E-state index in [-0.39, 0.29) is 0 Å². The average molecular weight is 295 g/mol. The quantitative estimate of drug-likeness (QED) is 0.680. The van der Waals surface area contributed by atoms with Crippen LogP contribution < -0.4 is 5.32 Å². The Morgan fingerprint density at radius 2 is 2.10 bits per heavy atom. The van der Waals surface area contributed by atoms with Gasteiger partial charge >= 0.3 is 0 Å². The van der Waals surface area contributed by atoms with Gasteiger partial charge in [0.2, 0.25) is 0 Å². The number of rotatable bonds is 10. The summed E-state index contributed by atoms with van der Waals surface area (Å²) in [6.45, 7) is 2.95. The Balaban J connectivity index is 1.48. The maximum Gasteiger partial charge on any atom is 0.129 e. The minimum atomic E-state index is 0.545. The molecule has 0 bridgehead atoms. The molecule has 0 amide bonds. The van der Waals surface area contributed by atoms with Crippen LogP contribution in [0.15, 0.2) is 39.4 Å². The van der Waals surface area contributed by atoms with Crippen molar-refractivity contribution in [3.63, 3.8) is 0 Å². The fraction of sp³-hybridized carbons (Fsp3) is 0.467. The molecule has 2 heterocycles. The first-order chi connectivity index (χ1) is 9.88. The number of hydrogen-bond acceptors (Lipinski definition) is 5. The lowest BCUT2D eigenvalue weighted by Gasteiger charge is -2.04. The van der Waals surface area contributed by atoms with Crippen LogP contribution in [0.5, 0.6) is 0 Å². The van der Waals surface area contributed by atoms with Crippen molar-refractivity contribution in [1.82, 2.24) is 5.32 Å². The molecule has 0 radical (unpaired) electrons. The summed E-state index contributed by atoms with van der Waals surface area (Å²) in [7, 11) is 0. The molecule has 0 saturated carbocycles. The first kappa shape index (κ1) is 15.2. The van der Waals surface area contributed by atoms with Crippen LogP contribution in [0.1, 0.15) is 23.7 Å². The van der Waals surface area contributed by atoms with Gasteiger partial charge in [-0.3, -0.25) is 0 Å². The standard InChI is InChI=1S/C15H21NO3S/c1-20-12-15-6-5-13(19-15)10-16-7-3-8-17-11-14-4-2-9-18-14/h2,4-6,9,16H,3,7-8,10-12H2,1H3. The number of thioether (sulfide) groups is 1. The Bertz CT molecular complexity index is 467. The molecule has 2 aromatic heterocycles. The van der Waals surface area contributed by atoms with Gasteiger partial charge in [-0.1, -0.05) is 0 Å². The maximum atomic E-state index is 5.67. The Morgan fingerprint density at radius 1 is 1.20 bits per heavy atom. The molecule has 110 valence electrons. The maximum absolute atomic E-state index is 5.67. The molecule has 20 heavy (non-hydrogen) atoms. The molecule has 0 aliphatic rings. The molecule has 4 nitrogen and oxygen atoms in total. The van der Waals surface area contributed by atoms with Crippen LogP contribution >= 0.6 is 11.8 Å². The van der Waals surface area contributed by atoms with E-state index in [1.54, 1.807) is 18.0 Å². The topological polar surface area (TPSA) is 47.5 Å². The van der Waals surface area contributed by atoms with Crippen molar-refractivity contribution in [2.75, 3.05) is 19.4 Å². The van der Waals surface area contributed by atoms with Gasteiger partial charge in [0.25, 0.3) is 0 Å². The molecular formula is C15H21NO3S. The first-order valence-corrected chi connectivity index (χ1v) is 8.15. The molecule has 0 aliphatic heterocycles. The summed E-state index contributed by atoms with van der Waals surface area (Å²) in [5.41, 5.74) is 0. The third kappa shape index (κ3) is 5.45. The molecule has 2 rings (SSSR count). The van der Waals surface area contributed by atoms with Gasteiger partial charge in [0.15, 0.2) is 0 Å². The monoisotopic (exact) mass is 295 g/mol. The van der Waals surface area contributed by atoms with Crippen LogP contribution in [0, 0.1) is 0 Å². The second-order valence-electron chi connectivity index (χ2n) is 4.46. The van der Waals surface area contributed by atoms with Gasteiger partial charge in [0, 0.05) is 6.61 Å². The Kier molecular flexibility index (Phi) is 6.77. The third-order valence-electron chi connectivity index (χ3n) is 2.77. The lowest BCUT2D eigenvalue weighted by atomic mass is 10.4. The number of ether oxygens (including phenoxy) is 1. The summed E-state index contributed by atoms with van der Waals surface area (Å²) in [6, 6.07) is 7.86. The Hall–Kier alpha value is -1.17. The highest BCUT2D eigenvalue weighted by Gasteiger charge is 2.01. The lowest BCUT2D eigenvalue weighted by Crippen LogP contribution is -2.15. The van der Waals surface area contributed by atoms with E-state index in [2.05, 4.69) is 11.6 Å². The van der Waals surface area contributed by atoms with Crippen molar-refractivity contribution in [3.8, 4) is 0 Å². The molecule has 0 aliphatic carbocycles. The van der Waals surface area contributed by atoms with Crippen molar-refractivity contribution in [3.05, 3.63) is 47.8 Å². The highest BCUT2D eigenvalue weighted by Crippen LogP contribution is 2.13. The van der Waals surface area contributed by atoms with Crippen molar-refractivity contribution < 1.29 is 13.6 Å². The number of nitrogens with one attached hydrogen (secondary N) is 1. The van der Waals surface area contributed by atoms with Gasteiger partial charge in [-0.05, 0) is 43.5 Å². The summed E-state index contributed by atoms with van der Waals surface area (Å²) in [4.78, 5) is 0. The molecule has 1 N–H and O–H groups in total. The summed E-state index contributed by atoms with van der Waals surface area (Å²) in [6.07, 6.45) is 4.71. The predicted molar refractivity (Wildman–Crippen MR) is 80.6 cm³/mol. The van der Waals surface area contributed by atoms with Crippen LogP contribution in [0.4, 0.5) is 0 Å². The van der Waals surface area contributed by atoms with E-state index in [0.29, 0.717) is 6.61 Å². The van der Waals surface area contributed by atoms with Gasteiger partial charge in [0.1, 0.15) is 23.9 Å². The van der Waals surface area contributed by atoms with E-state index in [1.165, 1.54) is 0 Å². The highest BCUT2D eigenvalue weighted by atomic mass is 32.2. The first-order valence-electron chi connectivity index (χ1n) is 6.76. The number of furan rings is 2. The van der Waals surface area contributed by atoms with Crippen molar-refractivity contribution >= 4 is 11.8 Å². The number of hydrogen-bond donors (Lipinski definition) is 1. The van der Waals surface area contributed by atoms with Crippen molar-refractivity contribution in [2.45, 2.75) is 25.3 Å². The van der Waals surface area contributed by atoms with Crippen LogP contribution in [0.25, 0.3) is 0 Å². The van der Waals surface area contributed by atoms with E-state index in [4.69, 9.17) is 13.6 Å². The Labute approximate surface area is 123 Å². The molecule has 2 aromatic rings. The summed E-state index contributed by atoms with van der Waals surface area (Å²) in [5.74, 6) is 3.83. The fourth-order valence-electron chi connectivity index (χ4n) is 1.82. The zero-order valence-electron chi connectivity index (χ0n) is 11.8. The smallest absolute Gasteiger partial charge is 0.129 e. The third-order valence-corrected chi connectivity index (χ3v) is 3.34. The molecule has 0 aromatic carbocycles. The van der Waals surface area contributed by atoms with Gasteiger partial charge in [-0.25, -0.2) is 0 Å². The van der Waals surface area contributed by atoms with Crippen LogP contribution in [0.3, 0.4) is 0 Å². The molecule has 0 atom stereocenters. The normalized spacial score (nSPS) is 11.1. The zero-order valence-corrected chi connectivity index (χ0v) is 12.6. The van der Waals surface area contributed by atoms with Gasteiger partial charge < -0.3 is 18.9 Å². The highest BCUT2D eigenvalue weighted by molar-refractivity contribution is 7.97. The lowest BCUT2D eigenvalue weighted by molar-refractivity contribution is 0.104. The van der Waals surface area contributed by atoms with Gasteiger partial charge in [0.05, 0.1) is 18.6 Å². The zero-order chi connectivity index (χ0) is 14.0. The fourth-order valence-corrected chi connectivity index (χ4v) is 2.26. The summed E-state index contributed by atoms with van der Waals surface area (Å²) < 4.78 is 16.4. The molecule has 0 spiro atoms. The average Bonchev–Trinajstić information content (AvgIpc) is 3.10. The minimum Gasteiger partial charge on any atom is -0.467 e. The second-order valence-corrected chi connectivity index (χ2v) is 5.33. The molecule has 0 saturated heterocycles. The molecule has 0 fully saturated rings. The van der Waals surface area contributed by atoms with Crippen LogP contribution in [-0.2, 0) is 23.6 Å². The van der Waals surface area contributed by atoms with E-state index in [9.17, 15) is 0 Å². The van der Waals surface area contributed by atoms with Crippen molar-refractivity contribution in [1.29, 1.82) is 0 Å². The SMILES string of the molecule is CSCc1ccc(CNCCCOCc2ccco2)o1. The molecular weight excluding hydrogens is 274 g/mol. The molecule has 5 heteroatoms. The van der Waals surface area contributed by atoms with E-state index < -0.39 is 0 Å². The molecule has 0 unspecified atom stereocenters. The van der Waals surface area contributed by atoms with E-state index >= 15 is 0 Å². The summed E-state index contributed by atoms with van der Waals surface area (Å²) in [5, 5.41) is 3.35. The van der Waals surface area contributed by atoms with Crippen LogP contribution in [0.2, 0.25) is 0 Å². The van der Waals surface area contributed by atoms with Gasteiger partial charge in [-0.2, -0.15) is 11.8 Å². The van der Waals surface area contributed by atoms with E-state index in [0.717, 1.165) is 49.2 Å². The van der Waals surface area contributed by atoms with Gasteiger partial charge in [-0.15, -0.1) is 0 Å². The Morgan fingerprint density at radius 3 is 2.90 bits per heavy atom. The van der Waals surface area contributed by atoms with Crippen LogP contribution in [-0.4, -0.2) is 19.4 Å². The predicted octanol–water partition coefficient (Wildman–Crippen LogP) is 3.43. The summed E-state index contributed by atoms with van der Waals surface area (Å²) >= 11 is 1.77. The van der Waals surface area contributed by atoms with Crippen molar-refractivity contribution in [2.24, 2.45) is 0 Å². The minimum absolute atomic E-state index is 0.545. The largest absolute Gasteiger partial charge is 0.467 e. The second kappa shape index (κ2) is 8.89. The van der Waals surface area contributed by atoms with E-state index in [1.807, 2.05) is 24.3 Å².